The molecule has 2 rings (SSSR count). The Hall–Kier alpha value is -1.40. The van der Waals surface area contributed by atoms with E-state index in [0.29, 0.717) is 12.1 Å². The van der Waals surface area contributed by atoms with Crippen molar-refractivity contribution in [1.82, 2.24) is 10.3 Å². The van der Waals surface area contributed by atoms with Crippen molar-refractivity contribution < 1.29 is 9.18 Å². The Morgan fingerprint density at radius 3 is 3.00 bits per heavy atom. The van der Waals surface area contributed by atoms with Crippen LogP contribution < -0.4 is 5.32 Å². The van der Waals surface area contributed by atoms with Crippen molar-refractivity contribution in [1.29, 1.82) is 0 Å². The average molecular weight is 310 g/mol. The molecule has 6 heteroatoms. The van der Waals surface area contributed by atoms with Gasteiger partial charge in [-0.15, -0.1) is 11.3 Å². The molecule has 0 unspecified atom stereocenters. The van der Waals surface area contributed by atoms with E-state index < -0.39 is 0 Å². The fraction of sp³-hybridized carbons (Fsp3) is 0.286. The molecule has 0 aliphatic heterocycles. The van der Waals surface area contributed by atoms with Crippen LogP contribution in [0.15, 0.2) is 40.2 Å². The molecule has 1 aromatic heterocycles. The van der Waals surface area contributed by atoms with E-state index in [1.807, 2.05) is 5.38 Å². The Morgan fingerprint density at radius 1 is 1.40 bits per heavy atom. The summed E-state index contributed by atoms with van der Waals surface area (Å²) in [4.78, 5) is 15.8. The second-order valence-electron chi connectivity index (χ2n) is 4.12. The molecular weight excluding hydrogens is 295 g/mol. The first kappa shape index (κ1) is 15.0. The van der Waals surface area contributed by atoms with Gasteiger partial charge in [-0.05, 0) is 18.1 Å². The fourth-order valence-corrected chi connectivity index (χ4v) is 3.27. The van der Waals surface area contributed by atoms with E-state index in [2.05, 4.69) is 10.3 Å². The summed E-state index contributed by atoms with van der Waals surface area (Å²) in [6.07, 6.45) is 2.74. The second-order valence-corrected chi connectivity index (χ2v) is 6.35. The predicted molar refractivity (Wildman–Crippen MR) is 80.6 cm³/mol. The fourth-order valence-electron chi connectivity index (χ4n) is 1.62. The lowest BCUT2D eigenvalue weighted by Crippen LogP contribution is -2.26. The standard InChI is InChI=1S/C14H15FN2OS2/c15-12-5-2-1-4-11(12)10-13(18)16-6-3-8-19-14-17-7-9-20-14/h1-2,4-5,7,9H,3,6,8,10H2,(H,16,18). The molecule has 0 spiro atoms. The quantitative estimate of drug-likeness (QED) is 0.631. The van der Waals surface area contributed by atoms with E-state index in [4.69, 9.17) is 0 Å². The molecule has 0 atom stereocenters. The zero-order valence-corrected chi connectivity index (χ0v) is 12.5. The second kappa shape index (κ2) is 8.01. The number of rotatable bonds is 7. The zero-order chi connectivity index (χ0) is 14.2. The first-order valence-electron chi connectivity index (χ1n) is 6.28. The Labute approximate surface area is 125 Å². The van der Waals surface area contributed by atoms with Crippen LogP contribution in [0.25, 0.3) is 0 Å². The number of carbonyl (C=O) groups is 1. The minimum Gasteiger partial charge on any atom is -0.356 e. The zero-order valence-electron chi connectivity index (χ0n) is 10.8. The van der Waals surface area contributed by atoms with Crippen LogP contribution in [0.5, 0.6) is 0 Å². The van der Waals surface area contributed by atoms with Gasteiger partial charge < -0.3 is 5.32 Å². The average Bonchev–Trinajstić information content (AvgIpc) is 2.94. The highest BCUT2D eigenvalue weighted by Gasteiger charge is 2.06. The molecule has 1 N–H and O–H groups in total. The SMILES string of the molecule is O=C(Cc1ccccc1F)NCCCSc1nccs1. The molecule has 1 heterocycles. The van der Waals surface area contributed by atoms with Crippen molar-refractivity contribution in [2.24, 2.45) is 0 Å². The molecule has 0 saturated carbocycles. The third-order valence-corrected chi connectivity index (χ3v) is 4.64. The van der Waals surface area contributed by atoms with Crippen LogP contribution >= 0.6 is 23.1 Å². The van der Waals surface area contributed by atoms with Crippen LogP contribution in [0.1, 0.15) is 12.0 Å². The van der Waals surface area contributed by atoms with Gasteiger partial charge in [-0.2, -0.15) is 0 Å². The van der Waals surface area contributed by atoms with Gasteiger partial charge in [0.25, 0.3) is 0 Å². The van der Waals surface area contributed by atoms with Crippen molar-refractivity contribution in [2.45, 2.75) is 17.2 Å². The van der Waals surface area contributed by atoms with E-state index in [0.717, 1.165) is 16.5 Å². The highest BCUT2D eigenvalue weighted by atomic mass is 32.2. The normalized spacial score (nSPS) is 10.4. The van der Waals surface area contributed by atoms with Gasteiger partial charge in [0.05, 0.1) is 6.42 Å². The highest BCUT2D eigenvalue weighted by Crippen LogP contribution is 2.20. The van der Waals surface area contributed by atoms with Crippen LogP contribution in [0.2, 0.25) is 0 Å². The maximum atomic E-state index is 13.4. The minimum absolute atomic E-state index is 0.0896. The van der Waals surface area contributed by atoms with E-state index in [-0.39, 0.29) is 18.1 Å². The third-order valence-electron chi connectivity index (χ3n) is 2.59. The largest absolute Gasteiger partial charge is 0.356 e. The lowest BCUT2D eigenvalue weighted by molar-refractivity contribution is -0.120. The number of carbonyl (C=O) groups excluding carboxylic acids is 1. The third kappa shape index (κ3) is 4.94. The number of aromatic nitrogens is 1. The molecule has 1 amide bonds. The number of halogens is 1. The molecule has 1 aromatic carbocycles. The summed E-state index contributed by atoms with van der Waals surface area (Å²) in [7, 11) is 0. The summed E-state index contributed by atoms with van der Waals surface area (Å²) in [5.41, 5.74) is 0.433. The Bertz CT molecular complexity index is 546. The lowest BCUT2D eigenvalue weighted by Gasteiger charge is -2.05. The van der Waals surface area contributed by atoms with Gasteiger partial charge >= 0.3 is 0 Å². The smallest absolute Gasteiger partial charge is 0.224 e. The van der Waals surface area contributed by atoms with Crippen LogP contribution in [-0.4, -0.2) is 23.2 Å². The van der Waals surface area contributed by atoms with Gasteiger partial charge in [-0.3, -0.25) is 4.79 Å². The van der Waals surface area contributed by atoms with Crippen molar-refractivity contribution in [3.8, 4) is 0 Å². The number of hydrogen-bond donors (Lipinski definition) is 1. The Morgan fingerprint density at radius 2 is 2.25 bits per heavy atom. The summed E-state index contributed by atoms with van der Waals surface area (Å²) >= 11 is 3.29. The van der Waals surface area contributed by atoms with Crippen molar-refractivity contribution in [2.75, 3.05) is 12.3 Å². The van der Waals surface area contributed by atoms with Gasteiger partial charge in [0.15, 0.2) is 0 Å². The van der Waals surface area contributed by atoms with Crippen molar-refractivity contribution in [3.05, 3.63) is 47.2 Å². The molecular formula is C14H15FN2OS2. The first-order chi connectivity index (χ1) is 9.75. The van der Waals surface area contributed by atoms with Gasteiger partial charge in [-0.1, -0.05) is 30.0 Å². The molecule has 3 nitrogen and oxygen atoms in total. The molecule has 0 aliphatic carbocycles. The van der Waals surface area contributed by atoms with Gasteiger partial charge in [0, 0.05) is 23.9 Å². The summed E-state index contributed by atoms with van der Waals surface area (Å²) in [6.45, 7) is 0.603. The molecule has 0 radical (unpaired) electrons. The van der Waals surface area contributed by atoms with Gasteiger partial charge in [0.1, 0.15) is 10.2 Å². The number of thioether (sulfide) groups is 1. The maximum Gasteiger partial charge on any atom is 0.224 e. The number of nitrogens with one attached hydrogen (secondary N) is 1. The number of thiazole rings is 1. The van der Waals surface area contributed by atoms with E-state index in [9.17, 15) is 9.18 Å². The molecule has 2 aromatic rings. The monoisotopic (exact) mass is 310 g/mol. The van der Waals surface area contributed by atoms with E-state index in [1.54, 1.807) is 47.5 Å². The van der Waals surface area contributed by atoms with Crippen LogP contribution in [0.4, 0.5) is 4.39 Å². The van der Waals surface area contributed by atoms with Crippen LogP contribution in [0, 0.1) is 5.82 Å². The molecule has 0 aliphatic rings. The van der Waals surface area contributed by atoms with Crippen LogP contribution in [-0.2, 0) is 11.2 Å². The molecule has 20 heavy (non-hydrogen) atoms. The Kier molecular flexibility index (Phi) is 6.01. The Balaban J connectivity index is 1.62. The maximum absolute atomic E-state index is 13.4. The van der Waals surface area contributed by atoms with Crippen LogP contribution in [0.3, 0.4) is 0 Å². The van der Waals surface area contributed by atoms with Gasteiger partial charge in [0.2, 0.25) is 5.91 Å². The number of nitrogens with zero attached hydrogens (tertiary/aromatic N) is 1. The first-order valence-corrected chi connectivity index (χ1v) is 8.14. The highest BCUT2D eigenvalue weighted by molar-refractivity contribution is 8.00. The topological polar surface area (TPSA) is 42.0 Å². The number of benzene rings is 1. The summed E-state index contributed by atoms with van der Waals surface area (Å²) < 4.78 is 14.4. The summed E-state index contributed by atoms with van der Waals surface area (Å²) in [6, 6.07) is 6.35. The van der Waals surface area contributed by atoms with Crippen molar-refractivity contribution in [3.63, 3.8) is 0 Å². The minimum atomic E-state index is -0.332. The molecule has 0 bridgehead atoms. The van der Waals surface area contributed by atoms with Gasteiger partial charge in [-0.25, -0.2) is 9.37 Å². The number of amides is 1. The van der Waals surface area contributed by atoms with E-state index in [1.165, 1.54) is 6.07 Å². The molecule has 0 fully saturated rings. The summed E-state index contributed by atoms with van der Waals surface area (Å²) in [5.74, 6) is 0.435. The molecule has 106 valence electrons. The lowest BCUT2D eigenvalue weighted by atomic mass is 10.1. The summed E-state index contributed by atoms with van der Waals surface area (Å²) in [5, 5.41) is 4.75. The van der Waals surface area contributed by atoms with E-state index >= 15 is 0 Å². The van der Waals surface area contributed by atoms with Crippen molar-refractivity contribution >= 4 is 29.0 Å². The predicted octanol–water partition coefficient (Wildman–Crippen LogP) is 3.12. The molecule has 0 saturated heterocycles. The number of hydrogen-bond acceptors (Lipinski definition) is 4.